The van der Waals surface area contributed by atoms with Gasteiger partial charge in [0.2, 0.25) is 5.91 Å². The number of aromatic amines is 1. The summed E-state index contributed by atoms with van der Waals surface area (Å²) in [6, 6.07) is 5.64. The number of aromatic nitrogens is 2. The molecule has 1 aromatic heterocycles. The van der Waals surface area contributed by atoms with Crippen LogP contribution in [0.4, 0.5) is 5.69 Å². The van der Waals surface area contributed by atoms with Gasteiger partial charge in [-0.15, -0.1) is 0 Å². The van der Waals surface area contributed by atoms with Crippen LogP contribution in [0.5, 0.6) is 0 Å². The number of benzene rings is 1. The summed E-state index contributed by atoms with van der Waals surface area (Å²) in [6.45, 7) is 2.93. The molecule has 0 radical (unpaired) electrons. The second-order valence-corrected chi connectivity index (χ2v) is 5.48. The minimum Gasteiger partial charge on any atom is -0.370 e. The minimum atomic E-state index is -0.204. The molecule has 2 atom stereocenters. The number of amides is 1. The van der Waals surface area contributed by atoms with Crippen molar-refractivity contribution in [2.24, 2.45) is 11.7 Å². The molecule has 1 saturated heterocycles. The van der Waals surface area contributed by atoms with Gasteiger partial charge in [0, 0.05) is 24.8 Å². The molecule has 6 nitrogen and oxygen atoms in total. The maximum atomic E-state index is 11.9. The number of hydrogen-bond donors (Lipinski definition) is 3. The molecule has 2 heterocycles. The van der Waals surface area contributed by atoms with E-state index >= 15 is 0 Å². The van der Waals surface area contributed by atoms with E-state index in [-0.39, 0.29) is 17.9 Å². The van der Waals surface area contributed by atoms with Crippen LogP contribution in [0.2, 0.25) is 0 Å². The molecule has 1 aliphatic rings. The molecule has 6 heteroatoms. The van der Waals surface area contributed by atoms with Crippen molar-refractivity contribution < 1.29 is 9.53 Å². The summed E-state index contributed by atoms with van der Waals surface area (Å²) in [5, 5.41) is 2.87. The molecule has 21 heavy (non-hydrogen) atoms. The van der Waals surface area contributed by atoms with Gasteiger partial charge in [0.1, 0.15) is 11.9 Å². The highest BCUT2D eigenvalue weighted by molar-refractivity contribution is 5.94. The van der Waals surface area contributed by atoms with Crippen LogP contribution in [0.15, 0.2) is 18.2 Å². The van der Waals surface area contributed by atoms with E-state index in [0.717, 1.165) is 42.0 Å². The first-order valence-electron chi connectivity index (χ1n) is 7.29. The Kier molecular flexibility index (Phi) is 3.90. The molecule has 112 valence electrons. The Morgan fingerprint density at radius 1 is 1.62 bits per heavy atom. The van der Waals surface area contributed by atoms with Gasteiger partial charge in [-0.05, 0) is 31.0 Å². The molecule has 2 unspecified atom stereocenters. The fourth-order valence-electron chi connectivity index (χ4n) is 2.43. The van der Waals surface area contributed by atoms with Crippen LogP contribution in [0.1, 0.15) is 31.7 Å². The number of carbonyl (C=O) groups excluding carboxylic acids is 1. The molecular formula is C15H20N4O2. The molecule has 3 rings (SSSR count). The van der Waals surface area contributed by atoms with Gasteiger partial charge >= 0.3 is 0 Å². The van der Waals surface area contributed by atoms with Crippen molar-refractivity contribution in [3.63, 3.8) is 0 Å². The second kappa shape index (κ2) is 5.83. The molecule has 1 fully saturated rings. The molecule has 1 amide bonds. The van der Waals surface area contributed by atoms with Crippen LogP contribution in [-0.4, -0.2) is 29.0 Å². The van der Waals surface area contributed by atoms with Crippen molar-refractivity contribution in [3.05, 3.63) is 24.0 Å². The first-order chi connectivity index (χ1) is 10.2. The SMILES string of the molecule is CC(CN)C(=O)Nc1ccc2nc(C3CCCO3)[nH]c2c1. The number of nitrogens with two attached hydrogens (primary N) is 1. The molecular weight excluding hydrogens is 268 g/mol. The average molecular weight is 288 g/mol. The van der Waals surface area contributed by atoms with Crippen LogP contribution >= 0.6 is 0 Å². The average Bonchev–Trinajstić information content (AvgIpc) is 3.14. The Bertz CT molecular complexity index is 646. The van der Waals surface area contributed by atoms with Gasteiger partial charge in [-0.3, -0.25) is 4.79 Å². The fraction of sp³-hybridized carbons (Fsp3) is 0.467. The number of rotatable bonds is 4. The van der Waals surface area contributed by atoms with Crippen molar-refractivity contribution >= 4 is 22.6 Å². The van der Waals surface area contributed by atoms with Gasteiger partial charge in [-0.2, -0.15) is 0 Å². The zero-order chi connectivity index (χ0) is 14.8. The second-order valence-electron chi connectivity index (χ2n) is 5.48. The lowest BCUT2D eigenvalue weighted by Gasteiger charge is -2.09. The highest BCUT2D eigenvalue weighted by atomic mass is 16.5. The van der Waals surface area contributed by atoms with Crippen molar-refractivity contribution in [3.8, 4) is 0 Å². The van der Waals surface area contributed by atoms with Crippen molar-refractivity contribution in [2.75, 3.05) is 18.5 Å². The highest BCUT2D eigenvalue weighted by Crippen LogP contribution is 2.28. The number of H-pyrrole nitrogens is 1. The summed E-state index contributed by atoms with van der Waals surface area (Å²) in [6.07, 6.45) is 2.13. The maximum absolute atomic E-state index is 11.9. The van der Waals surface area contributed by atoms with Crippen LogP contribution in [0.25, 0.3) is 11.0 Å². The molecule has 2 aromatic rings. The van der Waals surface area contributed by atoms with Crippen LogP contribution < -0.4 is 11.1 Å². The smallest absolute Gasteiger partial charge is 0.228 e. The third kappa shape index (κ3) is 2.91. The normalized spacial score (nSPS) is 19.8. The summed E-state index contributed by atoms with van der Waals surface area (Å²) >= 11 is 0. The molecule has 0 aliphatic carbocycles. The Morgan fingerprint density at radius 3 is 3.19 bits per heavy atom. The number of anilines is 1. The van der Waals surface area contributed by atoms with Crippen molar-refractivity contribution in [1.29, 1.82) is 0 Å². The lowest BCUT2D eigenvalue weighted by molar-refractivity contribution is -0.119. The number of nitrogens with zero attached hydrogens (tertiary/aromatic N) is 1. The number of ether oxygens (including phenoxy) is 1. The number of hydrogen-bond acceptors (Lipinski definition) is 4. The zero-order valence-electron chi connectivity index (χ0n) is 12.1. The maximum Gasteiger partial charge on any atom is 0.228 e. The van der Waals surface area contributed by atoms with E-state index in [1.54, 1.807) is 6.92 Å². The Hall–Kier alpha value is -1.92. The van der Waals surface area contributed by atoms with E-state index in [4.69, 9.17) is 10.5 Å². The van der Waals surface area contributed by atoms with E-state index in [2.05, 4.69) is 15.3 Å². The quantitative estimate of drug-likeness (QED) is 0.801. The molecule has 0 spiro atoms. The Balaban J connectivity index is 1.81. The summed E-state index contributed by atoms with van der Waals surface area (Å²) in [4.78, 5) is 19.7. The van der Waals surface area contributed by atoms with E-state index in [0.29, 0.717) is 6.54 Å². The van der Waals surface area contributed by atoms with Gasteiger partial charge in [0.05, 0.1) is 11.0 Å². The van der Waals surface area contributed by atoms with Crippen molar-refractivity contribution in [1.82, 2.24) is 9.97 Å². The third-order valence-electron chi connectivity index (χ3n) is 3.80. The number of fused-ring (bicyclic) bond motifs is 1. The van der Waals surface area contributed by atoms with Crippen LogP contribution in [0, 0.1) is 5.92 Å². The number of imidazole rings is 1. The standard InChI is InChI=1S/C15H20N4O2/c1-9(8-16)15(20)17-10-4-5-11-12(7-10)19-14(18-11)13-3-2-6-21-13/h4-5,7,9,13H,2-3,6,8,16H2,1H3,(H,17,20)(H,18,19). The predicted octanol–water partition coefficient (Wildman–Crippen LogP) is 1.95. The lowest BCUT2D eigenvalue weighted by atomic mass is 10.1. The Morgan fingerprint density at radius 2 is 2.48 bits per heavy atom. The topological polar surface area (TPSA) is 93.0 Å². The number of carbonyl (C=O) groups is 1. The zero-order valence-corrected chi connectivity index (χ0v) is 12.1. The Labute approximate surface area is 123 Å². The lowest BCUT2D eigenvalue weighted by Crippen LogP contribution is -2.26. The first-order valence-corrected chi connectivity index (χ1v) is 7.29. The van der Waals surface area contributed by atoms with E-state index in [1.807, 2.05) is 18.2 Å². The minimum absolute atomic E-state index is 0.0627. The third-order valence-corrected chi connectivity index (χ3v) is 3.80. The van der Waals surface area contributed by atoms with E-state index in [9.17, 15) is 4.79 Å². The van der Waals surface area contributed by atoms with E-state index in [1.165, 1.54) is 0 Å². The summed E-state index contributed by atoms with van der Waals surface area (Å²) in [5.41, 5.74) is 8.03. The van der Waals surface area contributed by atoms with Crippen LogP contribution in [0.3, 0.4) is 0 Å². The molecule has 1 aliphatic heterocycles. The molecule has 1 aromatic carbocycles. The van der Waals surface area contributed by atoms with Gasteiger partial charge in [-0.1, -0.05) is 6.92 Å². The van der Waals surface area contributed by atoms with Gasteiger partial charge in [-0.25, -0.2) is 4.98 Å². The van der Waals surface area contributed by atoms with Gasteiger partial charge < -0.3 is 20.8 Å². The van der Waals surface area contributed by atoms with Crippen LogP contribution in [-0.2, 0) is 9.53 Å². The van der Waals surface area contributed by atoms with Gasteiger partial charge in [0.15, 0.2) is 0 Å². The molecule has 0 bridgehead atoms. The summed E-state index contributed by atoms with van der Waals surface area (Å²) < 4.78 is 5.63. The number of nitrogens with one attached hydrogen (secondary N) is 2. The van der Waals surface area contributed by atoms with Gasteiger partial charge in [0.25, 0.3) is 0 Å². The first kappa shape index (κ1) is 14.0. The summed E-state index contributed by atoms with van der Waals surface area (Å²) in [5.74, 6) is 0.585. The largest absolute Gasteiger partial charge is 0.370 e. The predicted molar refractivity (Wildman–Crippen MR) is 80.9 cm³/mol. The summed E-state index contributed by atoms with van der Waals surface area (Å²) in [7, 11) is 0. The molecule has 0 saturated carbocycles. The molecule has 4 N–H and O–H groups in total. The highest BCUT2D eigenvalue weighted by Gasteiger charge is 2.21. The van der Waals surface area contributed by atoms with Crippen molar-refractivity contribution in [2.45, 2.75) is 25.9 Å². The fourth-order valence-corrected chi connectivity index (χ4v) is 2.43. The monoisotopic (exact) mass is 288 g/mol. The van der Waals surface area contributed by atoms with E-state index < -0.39 is 0 Å².